The molecule has 142 valence electrons. The predicted octanol–water partition coefficient (Wildman–Crippen LogP) is 2.61. The van der Waals surface area contributed by atoms with Gasteiger partial charge in [0.25, 0.3) is 5.91 Å². The quantitative estimate of drug-likeness (QED) is 0.831. The van der Waals surface area contributed by atoms with Crippen LogP contribution in [0.1, 0.15) is 67.9 Å². The average molecular weight is 358 g/mol. The zero-order valence-corrected chi connectivity index (χ0v) is 16.0. The highest BCUT2D eigenvalue weighted by molar-refractivity contribution is 5.95. The van der Waals surface area contributed by atoms with Gasteiger partial charge in [0.05, 0.1) is 11.8 Å². The first-order valence-electron chi connectivity index (χ1n) is 10.1. The number of hydrogen-bond donors (Lipinski definition) is 0. The Hall–Kier alpha value is -1.85. The van der Waals surface area contributed by atoms with E-state index in [1.807, 2.05) is 16.5 Å². The normalized spacial score (nSPS) is 26.6. The molecule has 1 aromatic heterocycles. The van der Waals surface area contributed by atoms with Crippen molar-refractivity contribution in [1.82, 2.24) is 19.6 Å². The van der Waals surface area contributed by atoms with Crippen molar-refractivity contribution in [3.8, 4) is 0 Å². The fraction of sp³-hybridized carbons (Fsp3) is 0.750. The molecule has 3 fully saturated rings. The molecule has 3 aliphatic rings. The van der Waals surface area contributed by atoms with E-state index in [0.717, 1.165) is 76.0 Å². The van der Waals surface area contributed by atoms with E-state index in [1.54, 1.807) is 6.20 Å². The molecule has 1 spiro atoms. The zero-order valence-electron chi connectivity index (χ0n) is 16.0. The Bertz CT molecular complexity index is 709. The second kappa shape index (κ2) is 6.71. The van der Waals surface area contributed by atoms with Crippen LogP contribution in [0.3, 0.4) is 0 Å². The minimum absolute atomic E-state index is 0.0950. The van der Waals surface area contributed by atoms with E-state index in [9.17, 15) is 9.59 Å². The molecule has 2 saturated heterocycles. The van der Waals surface area contributed by atoms with E-state index >= 15 is 0 Å². The van der Waals surface area contributed by atoms with Gasteiger partial charge in [-0.1, -0.05) is 6.92 Å². The van der Waals surface area contributed by atoms with Gasteiger partial charge in [-0.15, -0.1) is 0 Å². The summed E-state index contributed by atoms with van der Waals surface area (Å²) in [6.07, 6.45) is 8.77. The van der Waals surface area contributed by atoms with Crippen molar-refractivity contribution >= 4 is 11.8 Å². The van der Waals surface area contributed by atoms with Crippen molar-refractivity contribution in [2.75, 3.05) is 19.6 Å². The Balaban J connectivity index is 1.49. The number of aromatic nitrogens is 2. The summed E-state index contributed by atoms with van der Waals surface area (Å²) in [7, 11) is 0. The number of amides is 2. The fourth-order valence-corrected chi connectivity index (χ4v) is 4.74. The smallest absolute Gasteiger partial charge is 0.257 e. The van der Waals surface area contributed by atoms with Crippen LogP contribution in [0.2, 0.25) is 0 Å². The van der Waals surface area contributed by atoms with Gasteiger partial charge in [-0.25, -0.2) is 0 Å². The van der Waals surface area contributed by atoms with Gasteiger partial charge < -0.3 is 9.80 Å². The third-order valence-corrected chi connectivity index (χ3v) is 6.40. The minimum atomic E-state index is 0.0950. The van der Waals surface area contributed by atoms with E-state index in [1.165, 1.54) is 0 Å². The molecular formula is C20H30N4O2. The number of rotatable bonds is 4. The molecular weight excluding hydrogens is 328 g/mol. The SMILES string of the molecule is CCCn1ncc(C(=O)N2CCC[C@@]3(CCC(=O)N(C4CC4)C3)C2)c1C. The predicted molar refractivity (Wildman–Crippen MR) is 98.8 cm³/mol. The van der Waals surface area contributed by atoms with Gasteiger partial charge in [0.1, 0.15) is 0 Å². The van der Waals surface area contributed by atoms with E-state index in [-0.39, 0.29) is 11.3 Å². The maximum Gasteiger partial charge on any atom is 0.257 e. The summed E-state index contributed by atoms with van der Waals surface area (Å²) in [6.45, 7) is 7.39. The van der Waals surface area contributed by atoms with Crippen LogP contribution in [0.4, 0.5) is 0 Å². The molecule has 1 atom stereocenters. The number of piperidine rings is 2. The number of nitrogens with zero attached hydrogens (tertiary/aromatic N) is 4. The molecule has 0 bridgehead atoms. The van der Waals surface area contributed by atoms with Gasteiger partial charge in [0.2, 0.25) is 5.91 Å². The Morgan fingerprint density at radius 1 is 1.31 bits per heavy atom. The summed E-state index contributed by atoms with van der Waals surface area (Å²) >= 11 is 0. The second-order valence-electron chi connectivity index (χ2n) is 8.45. The minimum Gasteiger partial charge on any atom is -0.339 e. The Morgan fingerprint density at radius 2 is 2.12 bits per heavy atom. The Morgan fingerprint density at radius 3 is 2.85 bits per heavy atom. The lowest BCUT2D eigenvalue weighted by molar-refractivity contribution is -0.139. The van der Waals surface area contributed by atoms with Crippen LogP contribution in [0, 0.1) is 12.3 Å². The van der Waals surface area contributed by atoms with Crippen molar-refractivity contribution in [3.05, 3.63) is 17.5 Å². The summed E-state index contributed by atoms with van der Waals surface area (Å²) in [4.78, 5) is 29.6. The van der Waals surface area contributed by atoms with E-state index < -0.39 is 0 Å². The molecule has 2 aliphatic heterocycles. The van der Waals surface area contributed by atoms with Gasteiger partial charge >= 0.3 is 0 Å². The van der Waals surface area contributed by atoms with Crippen LogP contribution < -0.4 is 0 Å². The van der Waals surface area contributed by atoms with E-state index in [4.69, 9.17) is 0 Å². The maximum atomic E-state index is 13.1. The van der Waals surface area contributed by atoms with Crippen LogP contribution in [-0.2, 0) is 11.3 Å². The van der Waals surface area contributed by atoms with Crippen molar-refractivity contribution in [2.24, 2.45) is 5.41 Å². The monoisotopic (exact) mass is 358 g/mol. The molecule has 0 radical (unpaired) electrons. The van der Waals surface area contributed by atoms with Crippen molar-refractivity contribution in [1.29, 1.82) is 0 Å². The maximum absolute atomic E-state index is 13.1. The van der Waals surface area contributed by atoms with Gasteiger partial charge in [-0.05, 0) is 45.4 Å². The van der Waals surface area contributed by atoms with Gasteiger partial charge in [0.15, 0.2) is 0 Å². The highest BCUT2D eigenvalue weighted by Crippen LogP contribution is 2.42. The molecule has 0 N–H and O–H groups in total. The lowest BCUT2D eigenvalue weighted by Gasteiger charge is -2.48. The molecule has 2 amide bonds. The standard InChI is InChI=1S/C20H30N4O2/c1-3-10-24-15(2)17(12-21-24)19(26)22-11-4-8-20(13-22)9-7-18(25)23(14-20)16-5-6-16/h12,16H,3-11,13-14H2,1-2H3/t20-/m1/s1. The largest absolute Gasteiger partial charge is 0.339 e. The number of likely N-dealkylation sites (tertiary alicyclic amines) is 2. The number of hydrogen-bond acceptors (Lipinski definition) is 3. The lowest BCUT2D eigenvalue weighted by atomic mass is 9.73. The molecule has 6 nitrogen and oxygen atoms in total. The molecule has 1 saturated carbocycles. The molecule has 4 rings (SSSR count). The molecule has 1 aromatic rings. The molecule has 0 unspecified atom stereocenters. The third-order valence-electron chi connectivity index (χ3n) is 6.40. The lowest BCUT2D eigenvalue weighted by Crippen LogP contribution is -2.55. The van der Waals surface area contributed by atoms with Crippen molar-refractivity contribution in [3.63, 3.8) is 0 Å². The van der Waals surface area contributed by atoms with Crippen LogP contribution in [0.25, 0.3) is 0 Å². The number of carbonyl (C=O) groups is 2. The first kappa shape index (κ1) is 17.6. The second-order valence-corrected chi connectivity index (χ2v) is 8.45. The third kappa shape index (κ3) is 3.14. The van der Waals surface area contributed by atoms with Gasteiger partial charge in [0, 0.05) is 49.8 Å². The first-order valence-corrected chi connectivity index (χ1v) is 10.1. The highest BCUT2D eigenvalue weighted by Gasteiger charge is 2.46. The van der Waals surface area contributed by atoms with E-state index in [2.05, 4.69) is 16.9 Å². The summed E-state index contributed by atoms with van der Waals surface area (Å²) in [5, 5.41) is 4.40. The van der Waals surface area contributed by atoms with Crippen LogP contribution >= 0.6 is 0 Å². The molecule has 1 aliphatic carbocycles. The topological polar surface area (TPSA) is 58.4 Å². The highest BCUT2D eigenvalue weighted by atomic mass is 16.2. The molecule has 26 heavy (non-hydrogen) atoms. The fourth-order valence-electron chi connectivity index (χ4n) is 4.74. The number of aryl methyl sites for hydroxylation is 1. The van der Waals surface area contributed by atoms with Crippen LogP contribution in [0.5, 0.6) is 0 Å². The zero-order chi connectivity index (χ0) is 18.3. The van der Waals surface area contributed by atoms with Gasteiger partial charge in [-0.2, -0.15) is 5.10 Å². The molecule has 3 heterocycles. The average Bonchev–Trinajstić information content (AvgIpc) is 3.42. The first-order chi connectivity index (χ1) is 12.5. The summed E-state index contributed by atoms with van der Waals surface area (Å²) in [5.74, 6) is 0.428. The Kier molecular flexibility index (Phi) is 4.53. The van der Waals surface area contributed by atoms with Crippen LogP contribution in [0.15, 0.2) is 6.20 Å². The van der Waals surface area contributed by atoms with Crippen molar-refractivity contribution in [2.45, 2.75) is 71.4 Å². The van der Waals surface area contributed by atoms with Crippen LogP contribution in [-0.4, -0.2) is 57.1 Å². The van der Waals surface area contributed by atoms with Crippen molar-refractivity contribution < 1.29 is 9.59 Å². The number of carbonyl (C=O) groups excluding carboxylic acids is 2. The van der Waals surface area contributed by atoms with Gasteiger partial charge in [-0.3, -0.25) is 14.3 Å². The summed E-state index contributed by atoms with van der Waals surface area (Å²) in [5.41, 5.74) is 1.80. The molecule has 6 heteroatoms. The Labute approximate surface area is 155 Å². The summed E-state index contributed by atoms with van der Waals surface area (Å²) < 4.78 is 1.93. The van der Waals surface area contributed by atoms with E-state index in [0.29, 0.717) is 18.4 Å². The summed E-state index contributed by atoms with van der Waals surface area (Å²) in [6, 6.07) is 0.472. The molecule has 0 aromatic carbocycles.